The second kappa shape index (κ2) is 4.57. The third-order valence-corrected chi connectivity index (χ3v) is 3.66. The highest BCUT2D eigenvalue weighted by Gasteiger charge is 2.35. The predicted molar refractivity (Wildman–Crippen MR) is 68.6 cm³/mol. The monoisotopic (exact) mass is 235 g/mol. The summed E-state index contributed by atoms with van der Waals surface area (Å²) in [5.41, 5.74) is 8.52. The minimum Gasteiger partial charge on any atom is -0.493 e. The van der Waals surface area contributed by atoms with Crippen LogP contribution in [-0.2, 0) is 5.54 Å². The Morgan fingerprint density at radius 1 is 1.12 bits per heavy atom. The Hall–Kier alpha value is -1.22. The van der Waals surface area contributed by atoms with E-state index in [9.17, 15) is 0 Å². The first-order valence-corrected chi connectivity index (χ1v) is 6.13. The van der Waals surface area contributed by atoms with Gasteiger partial charge in [0, 0.05) is 11.1 Å². The van der Waals surface area contributed by atoms with E-state index in [2.05, 4.69) is 13.0 Å². The molecule has 0 saturated heterocycles. The van der Waals surface area contributed by atoms with Gasteiger partial charge in [-0.2, -0.15) is 0 Å². The number of benzene rings is 1. The minimum absolute atomic E-state index is 0.245. The van der Waals surface area contributed by atoms with Crippen LogP contribution in [0.4, 0.5) is 0 Å². The Labute approximate surface area is 103 Å². The largest absolute Gasteiger partial charge is 0.493 e. The van der Waals surface area contributed by atoms with Gasteiger partial charge in [0.2, 0.25) is 0 Å². The van der Waals surface area contributed by atoms with Crippen molar-refractivity contribution in [1.29, 1.82) is 0 Å². The van der Waals surface area contributed by atoms with Crippen molar-refractivity contribution in [1.82, 2.24) is 0 Å². The molecule has 0 unspecified atom stereocenters. The maximum atomic E-state index is 6.51. The molecule has 94 valence electrons. The molecule has 0 atom stereocenters. The molecule has 0 amide bonds. The van der Waals surface area contributed by atoms with E-state index in [1.165, 1.54) is 12.8 Å². The molecule has 3 heteroatoms. The second-order valence-electron chi connectivity index (χ2n) is 4.91. The van der Waals surface area contributed by atoms with Crippen LogP contribution in [0.1, 0.15) is 36.8 Å². The SMILES string of the molecule is COc1cc(C)cc(C2(N)CCCC2)c1OC. The molecule has 1 fully saturated rings. The highest BCUT2D eigenvalue weighted by atomic mass is 16.5. The number of rotatable bonds is 3. The van der Waals surface area contributed by atoms with Crippen molar-refractivity contribution in [3.63, 3.8) is 0 Å². The molecule has 1 aliphatic rings. The van der Waals surface area contributed by atoms with Crippen molar-refractivity contribution in [2.24, 2.45) is 5.73 Å². The van der Waals surface area contributed by atoms with Crippen LogP contribution in [0.3, 0.4) is 0 Å². The highest BCUT2D eigenvalue weighted by Crippen LogP contribution is 2.44. The van der Waals surface area contributed by atoms with Gasteiger partial charge in [-0.15, -0.1) is 0 Å². The summed E-state index contributed by atoms with van der Waals surface area (Å²) in [6.45, 7) is 2.06. The lowest BCUT2D eigenvalue weighted by Gasteiger charge is -2.27. The van der Waals surface area contributed by atoms with Crippen molar-refractivity contribution < 1.29 is 9.47 Å². The molecular weight excluding hydrogens is 214 g/mol. The normalized spacial score (nSPS) is 18.1. The van der Waals surface area contributed by atoms with Gasteiger partial charge in [-0.1, -0.05) is 18.9 Å². The smallest absolute Gasteiger partial charge is 0.165 e. The van der Waals surface area contributed by atoms with Gasteiger partial charge in [0.1, 0.15) is 0 Å². The first-order valence-electron chi connectivity index (χ1n) is 6.13. The minimum atomic E-state index is -0.245. The van der Waals surface area contributed by atoms with Crippen LogP contribution in [0.5, 0.6) is 11.5 Å². The van der Waals surface area contributed by atoms with E-state index in [1.807, 2.05) is 6.07 Å². The lowest BCUT2D eigenvalue weighted by atomic mass is 9.87. The summed E-state index contributed by atoms with van der Waals surface area (Å²) in [4.78, 5) is 0. The molecule has 1 aromatic carbocycles. The molecule has 1 aliphatic carbocycles. The van der Waals surface area contributed by atoms with Crippen molar-refractivity contribution in [3.05, 3.63) is 23.3 Å². The molecule has 0 heterocycles. The van der Waals surface area contributed by atoms with Crippen molar-refractivity contribution >= 4 is 0 Å². The lowest BCUT2D eigenvalue weighted by molar-refractivity contribution is 0.337. The van der Waals surface area contributed by atoms with E-state index in [4.69, 9.17) is 15.2 Å². The van der Waals surface area contributed by atoms with Gasteiger partial charge in [-0.05, 0) is 31.4 Å². The van der Waals surface area contributed by atoms with Crippen LogP contribution in [0, 0.1) is 6.92 Å². The number of hydrogen-bond acceptors (Lipinski definition) is 3. The van der Waals surface area contributed by atoms with Gasteiger partial charge in [0.05, 0.1) is 14.2 Å². The van der Waals surface area contributed by atoms with Crippen LogP contribution in [0.25, 0.3) is 0 Å². The Morgan fingerprint density at radius 3 is 2.29 bits per heavy atom. The fourth-order valence-corrected chi connectivity index (χ4v) is 2.75. The molecule has 0 aromatic heterocycles. The van der Waals surface area contributed by atoms with E-state index >= 15 is 0 Å². The number of ether oxygens (including phenoxy) is 2. The van der Waals surface area contributed by atoms with Crippen molar-refractivity contribution in [2.45, 2.75) is 38.1 Å². The van der Waals surface area contributed by atoms with Crippen molar-refractivity contribution in [3.8, 4) is 11.5 Å². The summed E-state index contributed by atoms with van der Waals surface area (Å²) >= 11 is 0. The van der Waals surface area contributed by atoms with Crippen LogP contribution in [-0.4, -0.2) is 14.2 Å². The number of methoxy groups -OCH3 is 2. The molecule has 1 saturated carbocycles. The molecular formula is C14H21NO2. The first-order chi connectivity index (χ1) is 8.10. The number of hydrogen-bond donors (Lipinski definition) is 1. The van der Waals surface area contributed by atoms with E-state index in [0.717, 1.165) is 35.5 Å². The van der Waals surface area contributed by atoms with Gasteiger partial charge in [-0.3, -0.25) is 0 Å². The average Bonchev–Trinajstić information content (AvgIpc) is 2.76. The summed E-state index contributed by atoms with van der Waals surface area (Å²) in [7, 11) is 3.34. The zero-order valence-corrected chi connectivity index (χ0v) is 10.9. The molecule has 3 nitrogen and oxygen atoms in total. The zero-order chi connectivity index (χ0) is 12.5. The third-order valence-electron chi connectivity index (χ3n) is 3.66. The topological polar surface area (TPSA) is 44.5 Å². The van der Waals surface area contributed by atoms with Gasteiger partial charge < -0.3 is 15.2 Å². The fourth-order valence-electron chi connectivity index (χ4n) is 2.75. The summed E-state index contributed by atoms with van der Waals surface area (Å²) < 4.78 is 10.9. The molecule has 0 bridgehead atoms. The molecule has 2 rings (SSSR count). The Morgan fingerprint density at radius 2 is 1.76 bits per heavy atom. The maximum absolute atomic E-state index is 6.51. The van der Waals surface area contributed by atoms with E-state index in [1.54, 1.807) is 14.2 Å². The lowest BCUT2D eigenvalue weighted by Crippen LogP contribution is -2.33. The second-order valence-corrected chi connectivity index (χ2v) is 4.91. The number of nitrogens with two attached hydrogens (primary N) is 1. The van der Waals surface area contributed by atoms with Gasteiger partial charge in [0.15, 0.2) is 11.5 Å². The molecule has 0 radical (unpaired) electrons. The Balaban J connectivity index is 2.55. The Bertz CT molecular complexity index is 409. The summed E-state index contributed by atoms with van der Waals surface area (Å²) in [6.07, 6.45) is 4.43. The first kappa shape index (κ1) is 12.2. The molecule has 17 heavy (non-hydrogen) atoms. The molecule has 0 spiro atoms. The van der Waals surface area contributed by atoms with Crippen LogP contribution in [0.2, 0.25) is 0 Å². The number of aryl methyl sites for hydroxylation is 1. The predicted octanol–water partition coefficient (Wildman–Crippen LogP) is 2.74. The Kier molecular flexibility index (Phi) is 3.29. The van der Waals surface area contributed by atoms with Crippen LogP contribution >= 0.6 is 0 Å². The van der Waals surface area contributed by atoms with Crippen LogP contribution < -0.4 is 15.2 Å². The van der Waals surface area contributed by atoms with Crippen LogP contribution in [0.15, 0.2) is 12.1 Å². The van der Waals surface area contributed by atoms with E-state index < -0.39 is 0 Å². The van der Waals surface area contributed by atoms with Gasteiger partial charge in [0.25, 0.3) is 0 Å². The highest BCUT2D eigenvalue weighted by molar-refractivity contribution is 5.52. The summed E-state index contributed by atoms with van der Waals surface area (Å²) in [5, 5.41) is 0. The van der Waals surface area contributed by atoms with Crippen molar-refractivity contribution in [2.75, 3.05) is 14.2 Å². The van der Waals surface area contributed by atoms with Gasteiger partial charge in [-0.25, -0.2) is 0 Å². The molecule has 1 aromatic rings. The summed E-state index contributed by atoms with van der Waals surface area (Å²) in [5.74, 6) is 1.57. The summed E-state index contributed by atoms with van der Waals surface area (Å²) in [6, 6.07) is 4.12. The standard InChI is InChI=1S/C14H21NO2/c1-10-8-11(14(15)6-4-5-7-14)13(17-3)12(9-10)16-2/h8-9H,4-7,15H2,1-3H3. The maximum Gasteiger partial charge on any atom is 0.165 e. The van der Waals surface area contributed by atoms with E-state index in [-0.39, 0.29) is 5.54 Å². The van der Waals surface area contributed by atoms with E-state index in [0.29, 0.717) is 0 Å². The quantitative estimate of drug-likeness (QED) is 0.876. The average molecular weight is 235 g/mol. The molecule has 2 N–H and O–H groups in total. The molecule has 0 aliphatic heterocycles. The third kappa shape index (κ3) is 2.12. The van der Waals surface area contributed by atoms with Gasteiger partial charge >= 0.3 is 0 Å². The fraction of sp³-hybridized carbons (Fsp3) is 0.571. The zero-order valence-electron chi connectivity index (χ0n) is 10.9.